The van der Waals surface area contributed by atoms with Crippen molar-refractivity contribution in [2.45, 2.75) is 56.9 Å². The molecule has 0 bridgehead atoms. The van der Waals surface area contributed by atoms with Crippen LogP contribution in [0.5, 0.6) is 0 Å². The number of allylic oxidation sites excluding steroid dienone is 1. The van der Waals surface area contributed by atoms with Crippen LogP contribution in [0.3, 0.4) is 0 Å². The highest BCUT2D eigenvalue weighted by atomic mass is 35.5. The molecule has 0 amide bonds. The van der Waals surface area contributed by atoms with Gasteiger partial charge in [0.15, 0.2) is 0 Å². The molecule has 1 fully saturated rings. The fourth-order valence-electron chi connectivity index (χ4n) is 4.08. The summed E-state index contributed by atoms with van der Waals surface area (Å²) in [5.74, 6) is -1.13. The van der Waals surface area contributed by atoms with Gasteiger partial charge in [0.05, 0.1) is 11.7 Å². The number of aliphatic imine (C=N–C) groups is 1. The summed E-state index contributed by atoms with van der Waals surface area (Å²) in [6.07, 6.45) is 5.06. The molecule has 0 saturated carbocycles. The molecule has 0 spiro atoms. The van der Waals surface area contributed by atoms with E-state index in [-0.39, 0.29) is 23.4 Å². The lowest BCUT2D eigenvalue weighted by molar-refractivity contribution is -0.134. The second-order valence-corrected chi connectivity index (χ2v) is 7.39. The van der Waals surface area contributed by atoms with Gasteiger partial charge in [-0.1, -0.05) is 11.6 Å². The van der Waals surface area contributed by atoms with Gasteiger partial charge in [-0.3, -0.25) is 4.99 Å². The fourth-order valence-corrected chi connectivity index (χ4v) is 4.27. The molecule has 134 valence electrons. The highest BCUT2D eigenvalue weighted by Crippen LogP contribution is 2.39. The largest absolute Gasteiger partial charge is 0.478 e. The Morgan fingerprint density at radius 3 is 2.83 bits per heavy atom. The van der Waals surface area contributed by atoms with Gasteiger partial charge in [-0.2, -0.15) is 0 Å². The number of alkyl halides is 1. The number of carboxylic acids is 1. The van der Waals surface area contributed by atoms with E-state index >= 15 is 0 Å². The second-order valence-electron chi connectivity index (χ2n) is 6.89. The monoisotopic (exact) mass is 356 g/mol. The van der Waals surface area contributed by atoms with Crippen molar-refractivity contribution in [2.75, 3.05) is 13.2 Å². The normalized spacial score (nSPS) is 37.1. The van der Waals surface area contributed by atoms with Gasteiger partial charge in [-0.15, -0.1) is 0 Å². The predicted octanol–water partition coefficient (Wildman–Crippen LogP) is 2.21. The molecule has 2 N–H and O–H groups in total. The third-order valence-corrected chi connectivity index (χ3v) is 5.70. The summed E-state index contributed by atoms with van der Waals surface area (Å²) < 4.78 is 5.64. The van der Waals surface area contributed by atoms with Crippen LogP contribution >= 0.6 is 11.6 Å². The smallest absolute Gasteiger partial charge is 0.333 e. The fraction of sp³-hybridized carbons (Fsp3) is 0.765. The summed E-state index contributed by atoms with van der Waals surface area (Å²) in [5.41, 5.74) is 0.815. The summed E-state index contributed by atoms with van der Waals surface area (Å²) >= 11 is 6.00. The third kappa shape index (κ3) is 3.60. The van der Waals surface area contributed by atoms with E-state index in [4.69, 9.17) is 16.3 Å². The Morgan fingerprint density at radius 2 is 2.25 bits per heavy atom. The average Bonchev–Trinajstić information content (AvgIpc) is 3.04. The number of aliphatic hydroxyl groups is 1. The van der Waals surface area contributed by atoms with Crippen LogP contribution in [-0.2, 0) is 9.53 Å². The zero-order chi connectivity index (χ0) is 17.3. The number of rotatable bonds is 4. The van der Waals surface area contributed by atoms with Crippen molar-refractivity contribution in [1.82, 2.24) is 4.90 Å². The quantitative estimate of drug-likeness (QED) is 0.596. The molecule has 0 radical (unpaired) electrons. The van der Waals surface area contributed by atoms with Crippen LogP contribution in [-0.4, -0.2) is 58.3 Å². The minimum Gasteiger partial charge on any atom is -0.478 e. The zero-order valence-electron chi connectivity index (χ0n) is 13.9. The molecule has 3 aliphatic heterocycles. The van der Waals surface area contributed by atoms with E-state index < -0.39 is 12.2 Å². The van der Waals surface area contributed by atoms with Crippen molar-refractivity contribution < 1.29 is 19.7 Å². The van der Waals surface area contributed by atoms with E-state index in [9.17, 15) is 15.0 Å². The van der Waals surface area contributed by atoms with Crippen molar-refractivity contribution in [3.05, 3.63) is 11.3 Å². The van der Waals surface area contributed by atoms with E-state index in [0.717, 1.165) is 32.3 Å². The number of aliphatic hydroxyl groups excluding tert-OH is 1. The molecular weight excluding hydrogens is 332 g/mol. The number of carbonyl (C=O) groups is 1. The predicted molar refractivity (Wildman–Crippen MR) is 91.0 cm³/mol. The van der Waals surface area contributed by atoms with Gasteiger partial charge in [0.2, 0.25) is 0 Å². The molecule has 6 nitrogen and oxygen atoms in total. The number of ether oxygens (including phenoxy) is 1. The minimum absolute atomic E-state index is 0.0144. The third-order valence-electron chi connectivity index (χ3n) is 5.36. The van der Waals surface area contributed by atoms with E-state index in [0.29, 0.717) is 24.2 Å². The molecule has 3 unspecified atom stereocenters. The molecule has 1 saturated heterocycles. The highest BCUT2D eigenvalue weighted by Gasteiger charge is 2.40. The van der Waals surface area contributed by atoms with Crippen molar-refractivity contribution in [3.63, 3.8) is 0 Å². The zero-order valence-corrected chi connectivity index (χ0v) is 14.7. The number of hydrogen-bond acceptors (Lipinski definition) is 5. The van der Waals surface area contributed by atoms with Crippen molar-refractivity contribution >= 4 is 23.8 Å². The maximum Gasteiger partial charge on any atom is 0.333 e. The first-order valence-corrected chi connectivity index (χ1v) is 9.08. The standard InChI is InChI=1S/C17H25ClN2O4/c1-10-16(17(22)23)13(11-4-5-14(18)19-8-11)7-15(21)20(10)9-12-3-2-6-24-12/h8,11-15,21H,2-7,9H2,1H3,(H,22,23)/t11-,12?,13?,14?,15+/m1/s1. The summed E-state index contributed by atoms with van der Waals surface area (Å²) in [4.78, 5) is 17.9. The van der Waals surface area contributed by atoms with Crippen molar-refractivity contribution in [3.8, 4) is 0 Å². The number of nitrogens with zero attached hydrogens (tertiary/aromatic N) is 2. The molecule has 0 aromatic heterocycles. The molecule has 0 aromatic rings. The van der Waals surface area contributed by atoms with Crippen LogP contribution < -0.4 is 0 Å². The van der Waals surface area contributed by atoms with Crippen LogP contribution in [0.4, 0.5) is 0 Å². The molecular formula is C17H25ClN2O4. The molecule has 3 heterocycles. The Labute approximate surface area is 147 Å². The SMILES string of the molecule is CC1=C(C(=O)O)C([C@H]2C=NC(Cl)CC2)C[C@H](O)N1CC1CCCO1. The van der Waals surface area contributed by atoms with E-state index in [1.165, 1.54) is 0 Å². The van der Waals surface area contributed by atoms with Gasteiger partial charge >= 0.3 is 5.97 Å². The van der Waals surface area contributed by atoms with Crippen LogP contribution in [0.2, 0.25) is 0 Å². The van der Waals surface area contributed by atoms with Gasteiger partial charge in [0.25, 0.3) is 0 Å². The number of hydrogen-bond donors (Lipinski definition) is 2. The van der Waals surface area contributed by atoms with Gasteiger partial charge in [0.1, 0.15) is 11.7 Å². The van der Waals surface area contributed by atoms with Gasteiger partial charge in [-0.25, -0.2) is 4.79 Å². The number of carboxylic acid groups (broad SMARTS) is 1. The lowest BCUT2D eigenvalue weighted by Crippen LogP contribution is -2.47. The van der Waals surface area contributed by atoms with Crippen LogP contribution in [0.15, 0.2) is 16.3 Å². The highest BCUT2D eigenvalue weighted by molar-refractivity contribution is 6.20. The van der Waals surface area contributed by atoms with E-state index in [1.54, 1.807) is 18.0 Å². The second kappa shape index (κ2) is 7.42. The Bertz CT molecular complexity index is 545. The van der Waals surface area contributed by atoms with Crippen molar-refractivity contribution in [1.29, 1.82) is 0 Å². The first-order chi connectivity index (χ1) is 11.5. The summed E-state index contributed by atoms with van der Waals surface area (Å²) in [5, 5.41) is 20.4. The number of aliphatic carboxylic acids is 1. The molecule has 3 rings (SSSR count). The lowest BCUT2D eigenvalue weighted by atomic mass is 9.77. The Balaban J connectivity index is 1.84. The summed E-state index contributed by atoms with van der Waals surface area (Å²) in [6, 6.07) is 0. The summed E-state index contributed by atoms with van der Waals surface area (Å²) in [6.45, 7) is 3.07. The Kier molecular flexibility index (Phi) is 5.47. The summed E-state index contributed by atoms with van der Waals surface area (Å²) in [7, 11) is 0. The van der Waals surface area contributed by atoms with Gasteiger partial charge < -0.3 is 19.8 Å². The molecule has 0 aromatic carbocycles. The topological polar surface area (TPSA) is 82.4 Å². The Morgan fingerprint density at radius 1 is 1.46 bits per heavy atom. The molecule has 0 aliphatic carbocycles. The minimum atomic E-state index is -0.914. The molecule has 7 heteroatoms. The maximum atomic E-state index is 11.9. The van der Waals surface area contributed by atoms with Crippen molar-refractivity contribution in [2.24, 2.45) is 16.8 Å². The molecule has 3 aliphatic rings. The van der Waals surface area contributed by atoms with E-state index in [2.05, 4.69) is 4.99 Å². The molecule has 5 atom stereocenters. The first-order valence-electron chi connectivity index (χ1n) is 8.65. The number of halogens is 1. The Hall–Kier alpha value is -1.11. The van der Waals surface area contributed by atoms with Crippen LogP contribution in [0.25, 0.3) is 0 Å². The van der Waals surface area contributed by atoms with Gasteiger partial charge in [0, 0.05) is 36.9 Å². The first kappa shape index (κ1) is 17.7. The van der Waals surface area contributed by atoms with Gasteiger partial charge in [-0.05, 0) is 39.0 Å². The maximum absolute atomic E-state index is 11.9. The van der Waals surface area contributed by atoms with Crippen LogP contribution in [0, 0.1) is 11.8 Å². The molecule has 24 heavy (non-hydrogen) atoms. The average molecular weight is 357 g/mol. The lowest BCUT2D eigenvalue weighted by Gasteiger charge is -2.42. The van der Waals surface area contributed by atoms with Crippen LogP contribution in [0.1, 0.15) is 39.0 Å². The van der Waals surface area contributed by atoms with E-state index in [1.807, 2.05) is 0 Å².